The summed E-state index contributed by atoms with van der Waals surface area (Å²) in [6.45, 7) is 5.06. The fourth-order valence-corrected chi connectivity index (χ4v) is 2.25. The zero-order valence-corrected chi connectivity index (χ0v) is 9.57. The molecule has 0 radical (unpaired) electrons. The second kappa shape index (κ2) is 4.87. The molecule has 0 aromatic carbocycles. The van der Waals surface area contributed by atoms with Gasteiger partial charge >= 0.3 is 0 Å². The van der Waals surface area contributed by atoms with E-state index >= 15 is 0 Å². The van der Waals surface area contributed by atoms with Crippen LogP contribution in [0.15, 0.2) is 0 Å². The molecular formula is C9H20NOS+. The molecule has 0 aromatic rings. The minimum Gasteiger partial charge on any atom is -0.330 e. The Balaban J connectivity index is 3.74. The van der Waals surface area contributed by atoms with Gasteiger partial charge in [0.2, 0.25) is 0 Å². The number of carbonyl (C=O) groups is 1. The number of thioether (sulfide) groups is 1. The standard InChI is InChI=1S/C9H20NOS/c1-6-9(11)12-8(2)7-10(3,4)5/h8H,6-7H2,1-5H3/q+1/t8-/m0/s1. The van der Waals surface area contributed by atoms with Crippen LogP contribution in [0, 0.1) is 0 Å². The zero-order chi connectivity index (χ0) is 9.78. The molecule has 0 saturated heterocycles. The van der Waals surface area contributed by atoms with Crippen LogP contribution in [0.2, 0.25) is 0 Å². The maximum Gasteiger partial charge on any atom is 0.189 e. The van der Waals surface area contributed by atoms with Crippen molar-refractivity contribution in [2.24, 2.45) is 0 Å². The van der Waals surface area contributed by atoms with E-state index < -0.39 is 0 Å². The Morgan fingerprint density at radius 3 is 2.25 bits per heavy atom. The van der Waals surface area contributed by atoms with Crippen LogP contribution in [0.3, 0.4) is 0 Å². The Morgan fingerprint density at radius 1 is 1.42 bits per heavy atom. The topological polar surface area (TPSA) is 17.1 Å². The highest BCUT2D eigenvalue weighted by Gasteiger charge is 2.16. The van der Waals surface area contributed by atoms with Gasteiger partial charge in [-0.1, -0.05) is 18.7 Å². The molecule has 0 amide bonds. The summed E-state index contributed by atoms with van der Waals surface area (Å²) in [5, 5.41) is 0.730. The largest absolute Gasteiger partial charge is 0.330 e. The van der Waals surface area contributed by atoms with Crippen LogP contribution in [0.25, 0.3) is 0 Å². The lowest BCUT2D eigenvalue weighted by molar-refractivity contribution is -0.869. The van der Waals surface area contributed by atoms with Crippen molar-refractivity contribution in [1.29, 1.82) is 0 Å². The Kier molecular flexibility index (Phi) is 4.87. The summed E-state index contributed by atoms with van der Waals surface area (Å²) in [6, 6.07) is 0. The van der Waals surface area contributed by atoms with Gasteiger partial charge < -0.3 is 4.48 Å². The van der Waals surface area contributed by atoms with Crippen molar-refractivity contribution in [2.45, 2.75) is 25.5 Å². The Labute approximate surface area is 79.9 Å². The predicted octanol–water partition coefficient (Wildman–Crippen LogP) is 1.75. The smallest absolute Gasteiger partial charge is 0.189 e. The molecule has 12 heavy (non-hydrogen) atoms. The van der Waals surface area contributed by atoms with Crippen LogP contribution in [-0.2, 0) is 4.79 Å². The lowest BCUT2D eigenvalue weighted by Gasteiger charge is -2.26. The first kappa shape index (κ1) is 12.0. The van der Waals surface area contributed by atoms with Gasteiger partial charge in [0.05, 0.1) is 32.9 Å². The summed E-state index contributed by atoms with van der Waals surface area (Å²) in [5.41, 5.74) is 0. The molecule has 0 unspecified atom stereocenters. The highest BCUT2D eigenvalue weighted by molar-refractivity contribution is 8.14. The molecule has 0 aliphatic rings. The van der Waals surface area contributed by atoms with Crippen LogP contribution in [0.4, 0.5) is 0 Å². The first-order chi connectivity index (χ1) is 5.35. The van der Waals surface area contributed by atoms with Crippen LogP contribution in [0.5, 0.6) is 0 Å². The van der Waals surface area contributed by atoms with E-state index in [0.717, 1.165) is 11.0 Å². The van der Waals surface area contributed by atoms with Crippen LogP contribution in [0.1, 0.15) is 20.3 Å². The van der Waals surface area contributed by atoms with Gasteiger partial charge in [-0.2, -0.15) is 0 Å². The second-order valence-corrected chi connectivity index (χ2v) is 5.62. The van der Waals surface area contributed by atoms with Crippen LogP contribution < -0.4 is 0 Å². The molecule has 0 bridgehead atoms. The second-order valence-electron chi connectivity index (χ2n) is 4.13. The molecule has 0 aliphatic heterocycles. The maximum atomic E-state index is 11.1. The average molecular weight is 190 g/mol. The zero-order valence-electron chi connectivity index (χ0n) is 8.76. The number of nitrogens with zero attached hydrogens (tertiary/aromatic N) is 1. The minimum absolute atomic E-state index is 0.302. The fourth-order valence-electron chi connectivity index (χ4n) is 1.12. The molecule has 0 fully saturated rings. The van der Waals surface area contributed by atoms with E-state index in [-0.39, 0.29) is 0 Å². The summed E-state index contributed by atoms with van der Waals surface area (Å²) in [7, 11) is 6.44. The quantitative estimate of drug-likeness (QED) is 0.628. The molecule has 72 valence electrons. The molecular weight excluding hydrogens is 170 g/mol. The van der Waals surface area contributed by atoms with E-state index in [0.29, 0.717) is 16.8 Å². The predicted molar refractivity (Wildman–Crippen MR) is 55.3 cm³/mol. The molecule has 3 heteroatoms. The van der Waals surface area contributed by atoms with Gasteiger partial charge in [0.15, 0.2) is 5.12 Å². The van der Waals surface area contributed by atoms with Gasteiger partial charge in [0, 0.05) is 6.42 Å². The molecule has 0 rings (SSSR count). The molecule has 0 aliphatic carbocycles. The van der Waals surface area contributed by atoms with E-state index in [1.165, 1.54) is 11.8 Å². The highest BCUT2D eigenvalue weighted by atomic mass is 32.2. The van der Waals surface area contributed by atoms with E-state index in [1.807, 2.05) is 6.92 Å². The summed E-state index contributed by atoms with van der Waals surface area (Å²) in [6.07, 6.45) is 0.645. The number of quaternary nitrogens is 1. The molecule has 1 atom stereocenters. The van der Waals surface area contributed by atoms with E-state index in [1.54, 1.807) is 0 Å². The lowest BCUT2D eigenvalue weighted by atomic mass is 10.4. The van der Waals surface area contributed by atoms with Crippen LogP contribution >= 0.6 is 11.8 Å². The summed E-state index contributed by atoms with van der Waals surface area (Å²) in [4.78, 5) is 11.1. The maximum absolute atomic E-state index is 11.1. The third-order valence-electron chi connectivity index (χ3n) is 1.43. The molecule has 0 saturated carbocycles. The summed E-state index contributed by atoms with van der Waals surface area (Å²) in [5.74, 6) is 0. The van der Waals surface area contributed by atoms with Crippen molar-refractivity contribution >= 4 is 16.9 Å². The van der Waals surface area contributed by atoms with Crippen molar-refractivity contribution in [3.63, 3.8) is 0 Å². The van der Waals surface area contributed by atoms with Crippen molar-refractivity contribution in [1.82, 2.24) is 0 Å². The van der Waals surface area contributed by atoms with Gasteiger partial charge in [-0.25, -0.2) is 0 Å². The first-order valence-electron chi connectivity index (χ1n) is 4.35. The SMILES string of the molecule is CCC(=O)S[C@@H](C)C[N+](C)(C)C. The Morgan fingerprint density at radius 2 is 1.92 bits per heavy atom. The number of carbonyl (C=O) groups excluding carboxylic acids is 1. The van der Waals surface area contributed by atoms with Gasteiger partial charge in [-0.05, 0) is 6.92 Å². The molecule has 0 spiro atoms. The molecule has 0 aromatic heterocycles. The lowest BCUT2D eigenvalue weighted by Crippen LogP contribution is -2.39. The van der Waals surface area contributed by atoms with Gasteiger partial charge in [-0.15, -0.1) is 0 Å². The molecule has 0 heterocycles. The summed E-state index contributed by atoms with van der Waals surface area (Å²) < 4.78 is 0.922. The van der Waals surface area contributed by atoms with E-state index in [2.05, 4.69) is 28.1 Å². The van der Waals surface area contributed by atoms with Crippen molar-refractivity contribution < 1.29 is 9.28 Å². The highest BCUT2D eigenvalue weighted by Crippen LogP contribution is 2.15. The number of rotatable bonds is 4. The van der Waals surface area contributed by atoms with Gasteiger partial charge in [0.1, 0.15) is 0 Å². The number of hydrogen-bond acceptors (Lipinski definition) is 2. The van der Waals surface area contributed by atoms with Gasteiger partial charge in [0.25, 0.3) is 0 Å². The normalized spacial score (nSPS) is 14.4. The van der Waals surface area contributed by atoms with E-state index in [9.17, 15) is 4.79 Å². The van der Waals surface area contributed by atoms with E-state index in [4.69, 9.17) is 0 Å². The Hall–Kier alpha value is -0.0200. The first-order valence-corrected chi connectivity index (χ1v) is 5.23. The van der Waals surface area contributed by atoms with Crippen molar-refractivity contribution in [3.8, 4) is 0 Å². The molecule has 0 N–H and O–H groups in total. The van der Waals surface area contributed by atoms with Gasteiger partial charge in [-0.3, -0.25) is 4.79 Å². The minimum atomic E-state index is 0.302. The molecule has 2 nitrogen and oxygen atoms in total. The summed E-state index contributed by atoms with van der Waals surface area (Å²) >= 11 is 1.47. The van der Waals surface area contributed by atoms with Crippen LogP contribution in [-0.4, -0.2) is 42.5 Å². The fraction of sp³-hybridized carbons (Fsp3) is 0.889. The third-order valence-corrected chi connectivity index (χ3v) is 2.53. The van der Waals surface area contributed by atoms with Crippen molar-refractivity contribution in [2.75, 3.05) is 27.7 Å². The Bertz CT molecular complexity index is 151. The van der Waals surface area contributed by atoms with Crippen molar-refractivity contribution in [3.05, 3.63) is 0 Å². The third kappa shape index (κ3) is 6.68. The number of hydrogen-bond donors (Lipinski definition) is 0. The average Bonchev–Trinajstić information content (AvgIpc) is 1.82. The monoisotopic (exact) mass is 190 g/mol.